The average Bonchev–Trinajstić information content (AvgIpc) is 2.93. The second kappa shape index (κ2) is 7.93. The van der Waals surface area contributed by atoms with E-state index in [1.54, 1.807) is 0 Å². The summed E-state index contributed by atoms with van der Waals surface area (Å²) in [6.45, 7) is 6.38. The molecular weight excluding hydrogens is 347 g/mol. The Morgan fingerprint density at radius 2 is 1.81 bits per heavy atom. The van der Waals surface area contributed by atoms with Crippen LogP contribution in [0.1, 0.15) is 18.1 Å². The maximum Gasteiger partial charge on any atom is 0.203 e. The van der Waals surface area contributed by atoms with Crippen molar-refractivity contribution in [3.8, 4) is 11.4 Å². The molecule has 3 rings (SSSR count). The second-order valence-corrected chi connectivity index (χ2v) is 6.95. The average molecular weight is 372 g/mol. The Morgan fingerprint density at radius 3 is 2.46 bits per heavy atom. The van der Waals surface area contributed by atoms with Crippen LogP contribution in [0.15, 0.2) is 48.5 Å². The normalized spacial score (nSPS) is 12.3. The highest BCUT2D eigenvalue weighted by molar-refractivity contribution is 7.71. The van der Waals surface area contributed by atoms with Gasteiger partial charge in [-0.3, -0.25) is 0 Å². The first-order chi connectivity index (χ1) is 12.5. The van der Waals surface area contributed by atoms with Crippen LogP contribution in [0.2, 0.25) is 0 Å². The van der Waals surface area contributed by atoms with Crippen LogP contribution in [0.25, 0.3) is 11.4 Å². The minimum atomic E-state index is -0.210. The van der Waals surface area contributed by atoms with E-state index in [0.717, 1.165) is 34.8 Å². The summed E-state index contributed by atoms with van der Waals surface area (Å²) in [6.07, 6.45) is 0. The first kappa shape index (κ1) is 18.5. The number of rotatable bonds is 6. The lowest BCUT2D eigenvalue weighted by molar-refractivity contribution is -0.917. The van der Waals surface area contributed by atoms with Crippen LogP contribution in [-0.2, 0) is 19.8 Å². The summed E-state index contributed by atoms with van der Waals surface area (Å²) in [5, 5.41) is 4.80. The molecule has 0 radical (unpaired) electrons. The Bertz CT molecular complexity index is 943. The largest absolute Gasteiger partial charge is 0.315 e. The number of hydrogen-bond donors (Lipinski definition) is 1. The van der Waals surface area contributed by atoms with Crippen molar-refractivity contribution in [2.45, 2.75) is 33.6 Å². The number of aromatic nitrogens is 3. The monoisotopic (exact) mass is 371 g/mol. The Balaban J connectivity index is 1.85. The number of quaternary nitrogens is 1. The third-order valence-electron chi connectivity index (χ3n) is 4.46. The van der Waals surface area contributed by atoms with E-state index < -0.39 is 0 Å². The van der Waals surface area contributed by atoms with E-state index in [9.17, 15) is 4.39 Å². The maximum absolute atomic E-state index is 13.1. The van der Waals surface area contributed by atoms with Crippen LogP contribution in [0.4, 0.5) is 4.39 Å². The van der Waals surface area contributed by atoms with Gasteiger partial charge >= 0.3 is 0 Å². The van der Waals surface area contributed by atoms with E-state index in [1.807, 2.05) is 28.9 Å². The molecule has 3 aromatic rings. The standard InChI is InChI=1S/C20H23FN4S/c1-4-24-19(18-8-6-5-7-15(18)2)22-25(20(24)26)14-23(3)13-16-9-11-17(21)12-10-16/h5-12H,4,13-14H2,1-3H3/p+1. The van der Waals surface area contributed by atoms with Gasteiger partial charge < -0.3 is 9.47 Å². The summed E-state index contributed by atoms with van der Waals surface area (Å²) in [5.41, 5.74) is 3.38. The van der Waals surface area contributed by atoms with Gasteiger partial charge in [0.05, 0.1) is 7.05 Å². The number of hydrogen-bond acceptors (Lipinski definition) is 2. The number of nitrogens with zero attached hydrogens (tertiary/aromatic N) is 3. The van der Waals surface area contributed by atoms with Gasteiger partial charge in [0.25, 0.3) is 0 Å². The first-order valence-electron chi connectivity index (χ1n) is 8.79. The van der Waals surface area contributed by atoms with Crippen molar-refractivity contribution in [3.63, 3.8) is 0 Å². The zero-order chi connectivity index (χ0) is 18.7. The Morgan fingerprint density at radius 1 is 1.12 bits per heavy atom. The maximum atomic E-state index is 13.1. The van der Waals surface area contributed by atoms with Crippen molar-refractivity contribution in [1.82, 2.24) is 14.3 Å². The highest BCUT2D eigenvalue weighted by Crippen LogP contribution is 2.21. The quantitative estimate of drug-likeness (QED) is 0.674. The van der Waals surface area contributed by atoms with E-state index in [1.165, 1.54) is 22.6 Å². The third kappa shape index (κ3) is 3.92. The lowest BCUT2D eigenvalue weighted by atomic mass is 10.1. The predicted molar refractivity (Wildman–Crippen MR) is 104 cm³/mol. The lowest BCUT2D eigenvalue weighted by Gasteiger charge is -2.13. The molecule has 0 saturated carbocycles. The van der Waals surface area contributed by atoms with Crippen LogP contribution in [-0.4, -0.2) is 21.4 Å². The van der Waals surface area contributed by atoms with E-state index in [2.05, 4.69) is 37.6 Å². The molecule has 0 spiro atoms. The highest BCUT2D eigenvalue weighted by Gasteiger charge is 2.15. The SMILES string of the molecule is CCn1c(-c2ccccc2C)nn(C[NH+](C)Cc2ccc(F)cc2)c1=S. The van der Waals surface area contributed by atoms with Gasteiger partial charge in [0.2, 0.25) is 4.77 Å². The molecule has 1 N–H and O–H groups in total. The van der Waals surface area contributed by atoms with Crippen LogP contribution in [0, 0.1) is 17.5 Å². The van der Waals surface area contributed by atoms with Crippen LogP contribution >= 0.6 is 12.2 Å². The molecule has 6 heteroatoms. The summed E-state index contributed by atoms with van der Waals surface area (Å²) in [6, 6.07) is 14.9. The van der Waals surface area contributed by atoms with Crippen molar-refractivity contribution in [3.05, 3.63) is 70.2 Å². The molecule has 0 saturated heterocycles. The lowest BCUT2D eigenvalue weighted by Crippen LogP contribution is -3.07. The van der Waals surface area contributed by atoms with Gasteiger partial charge in [-0.25, -0.2) is 4.39 Å². The van der Waals surface area contributed by atoms with E-state index in [-0.39, 0.29) is 5.82 Å². The molecule has 1 unspecified atom stereocenters. The van der Waals surface area contributed by atoms with Crippen LogP contribution in [0.5, 0.6) is 0 Å². The molecule has 0 amide bonds. The second-order valence-electron chi connectivity index (χ2n) is 6.58. The fraction of sp³-hybridized carbons (Fsp3) is 0.300. The molecule has 1 aromatic heterocycles. The van der Waals surface area contributed by atoms with Crippen molar-refractivity contribution in [2.24, 2.45) is 0 Å². The van der Waals surface area contributed by atoms with Gasteiger partial charge in [-0.05, 0) is 43.8 Å². The summed E-state index contributed by atoms with van der Waals surface area (Å²) in [5.74, 6) is 0.698. The topological polar surface area (TPSA) is 27.2 Å². The minimum absolute atomic E-state index is 0.210. The molecule has 0 fully saturated rings. The number of halogens is 1. The van der Waals surface area contributed by atoms with E-state index in [4.69, 9.17) is 17.3 Å². The van der Waals surface area contributed by atoms with Gasteiger partial charge in [0, 0.05) is 17.7 Å². The molecular formula is C20H24FN4S+. The Kier molecular flexibility index (Phi) is 5.64. The number of aryl methyl sites for hydroxylation is 1. The fourth-order valence-corrected chi connectivity index (χ4v) is 3.44. The van der Waals surface area contributed by atoms with Crippen molar-refractivity contribution >= 4 is 12.2 Å². The number of benzene rings is 2. The molecule has 4 nitrogen and oxygen atoms in total. The molecule has 136 valence electrons. The smallest absolute Gasteiger partial charge is 0.203 e. The molecule has 2 aromatic carbocycles. The summed E-state index contributed by atoms with van der Waals surface area (Å²) in [7, 11) is 2.09. The molecule has 0 aliphatic rings. The molecule has 1 heterocycles. The minimum Gasteiger partial charge on any atom is -0.315 e. The molecule has 0 aliphatic heterocycles. The molecule has 0 aliphatic carbocycles. The summed E-state index contributed by atoms with van der Waals surface area (Å²) in [4.78, 5) is 1.23. The van der Waals surface area contributed by atoms with E-state index in [0.29, 0.717) is 6.67 Å². The van der Waals surface area contributed by atoms with E-state index >= 15 is 0 Å². The highest BCUT2D eigenvalue weighted by atomic mass is 32.1. The van der Waals surface area contributed by atoms with Gasteiger partial charge in [0.1, 0.15) is 12.4 Å². The van der Waals surface area contributed by atoms with Gasteiger partial charge in [0.15, 0.2) is 12.5 Å². The summed E-state index contributed by atoms with van der Waals surface area (Å²) >= 11 is 5.66. The summed E-state index contributed by atoms with van der Waals surface area (Å²) < 4.78 is 17.8. The van der Waals surface area contributed by atoms with Gasteiger partial charge in [-0.2, -0.15) is 4.68 Å². The molecule has 0 bridgehead atoms. The van der Waals surface area contributed by atoms with Crippen LogP contribution < -0.4 is 4.90 Å². The zero-order valence-corrected chi connectivity index (χ0v) is 16.2. The Labute approximate surface area is 158 Å². The van der Waals surface area contributed by atoms with Gasteiger partial charge in [-0.1, -0.05) is 36.4 Å². The third-order valence-corrected chi connectivity index (χ3v) is 4.89. The zero-order valence-electron chi connectivity index (χ0n) is 15.4. The fourth-order valence-electron chi connectivity index (χ4n) is 3.11. The molecule has 26 heavy (non-hydrogen) atoms. The van der Waals surface area contributed by atoms with Crippen molar-refractivity contribution in [2.75, 3.05) is 7.05 Å². The Hall–Kier alpha value is -2.31. The van der Waals surface area contributed by atoms with Crippen molar-refractivity contribution < 1.29 is 9.29 Å². The molecule has 1 atom stereocenters. The van der Waals surface area contributed by atoms with Gasteiger partial charge in [-0.15, -0.1) is 5.10 Å². The first-order valence-corrected chi connectivity index (χ1v) is 9.19. The number of nitrogens with one attached hydrogen (secondary N) is 1. The van der Waals surface area contributed by atoms with Crippen molar-refractivity contribution in [1.29, 1.82) is 0 Å². The van der Waals surface area contributed by atoms with Crippen LogP contribution in [0.3, 0.4) is 0 Å². The predicted octanol–water partition coefficient (Wildman–Crippen LogP) is 3.22.